The number of amides is 1. The number of anilines is 1. The number of hydrogen-bond donors (Lipinski definition) is 2. The molecule has 1 amide bonds. The Bertz CT molecular complexity index is 1420. The van der Waals surface area contributed by atoms with Crippen molar-refractivity contribution in [2.75, 3.05) is 5.32 Å². The second-order valence-corrected chi connectivity index (χ2v) is 9.01. The molecule has 4 rings (SSSR count). The van der Waals surface area contributed by atoms with Crippen LogP contribution < -0.4 is 10.5 Å². The highest BCUT2D eigenvalue weighted by atomic mass is 32.2. The number of para-hydroxylation sites is 1. The van der Waals surface area contributed by atoms with Gasteiger partial charge in [0.2, 0.25) is 10.0 Å². The Kier molecular flexibility index (Phi) is 5.12. The van der Waals surface area contributed by atoms with Crippen molar-refractivity contribution in [1.82, 2.24) is 9.55 Å². The van der Waals surface area contributed by atoms with E-state index in [-0.39, 0.29) is 10.8 Å². The maximum atomic E-state index is 12.9. The lowest BCUT2D eigenvalue weighted by Gasteiger charge is -2.13. The zero-order valence-corrected chi connectivity index (χ0v) is 18.2. The van der Waals surface area contributed by atoms with E-state index in [0.29, 0.717) is 16.8 Å². The normalized spacial score (nSPS) is 11.6. The fourth-order valence-corrected chi connectivity index (χ4v) is 4.18. The molecular weight excluding hydrogens is 412 g/mol. The minimum absolute atomic E-state index is 0.0430. The van der Waals surface area contributed by atoms with Crippen molar-refractivity contribution >= 4 is 32.7 Å². The summed E-state index contributed by atoms with van der Waals surface area (Å²) in [5.41, 5.74) is 4.89. The van der Waals surface area contributed by atoms with Crippen molar-refractivity contribution in [3.63, 3.8) is 0 Å². The van der Waals surface area contributed by atoms with Crippen LogP contribution in [0.1, 0.15) is 27.3 Å². The van der Waals surface area contributed by atoms with E-state index < -0.39 is 10.0 Å². The number of carbonyl (C=O) groups excluding carboxylic acids is 1. The monoisotopic (exact) mass is 434 g/mol. The molecule has 158 valence electrons. The number of rotatable bonds is 4. The molecule has 0 saturated heterocycles. The van der Waals surface area contributed by atoms with E-state index in [1.165, 1.54) is 12.1 Å². The quantitative estimate of drug-likeness (QED) is 0.509. The van der Waals surface area contributed by atoms with Crippen molar-refractivity contribution in [1.29, 1.82) is 0 Å². The van der Waals surface area contributed by atoms with E-state index >= 15 is 0 Å². The lowest BCUT2D eigenvalue weighted by molar-refractivity contribution is 0.102. The van der Waals surface area contributed by atoms with Gasteiger partial charge in [-0.1, -0.05) is 18.2 Å². The van der Waals surface area contributed by atoms with Gasteiger partial charge in [0, 0.05) is 16.9 Å². The molecule has 0 fully saturated rings. The number of benzene rings is 3. The van der Waals surface area contributed by atoms with Crippen molar-refractivity contribution < 1.29 is 13.2 Å². The third-order valence-corrected chi connectivity index (χ3v) is 6.21. The first kappa shape index (κ1) is 20.8. The summed E-state index contributed by atoms with van der Waals surface area (Å²) in [6.45, 7) is 5.49. The molecule has 7 nitrogen and oxygen atoms in total. The Balaban J connectivity index is 1.71. The summed E-state index contributed by atoms with van der Waals surface area (Å²) in [5.74, 6) is 0.453. The van der Waals surface area contributed by atoms with Gasteiger partial charge in [0.25, 0.3) is 5.91 Å². The van der Waals surface area contributed by atoms with Crippen LogP contribution in [0.5, 0.6) is 0 Å². The largest absolute Gasteiger partial charge is 0.322 e. The third kappa shape index (κ3) is 3.95. The first-order valence-corrected chi connectivity index (χ1v) is 11.2. The molecule has 1 aromatic heterocycles. The van der Waals surface area contributed by atoms with E-state index in [4.69, 9.17) is 5.14 Å². The predicted molar refractivity (Wildman–Crippen MR) is 121 cm³/mol. The van der Waals surface area contributed by atoms with Gasteiger partial charge in [-0.05, 0) is 74.4 Å². The maximum Gasteiger partial charge on any atom is 0.255 e. The van der Waals surface area contributed by atoms with E-state index in [2.05, 4.69) is 10.3 Å². The Labute approximate surface area is 180 Å². The van der Waals surface area contributed by atoms with Gasteiger partial charge in [0.1, 0.15) is 5.82 Å². The molecular formula is C23H22N4O3S. The molecule has 0 spiro atoms. The molecule has 31 heavy (non-hydrogen) atoms. The maximum absolute atomic E-state index is 12.9. The van der Waals surface area contributed by atoms with E-state index in [9.17, 15) is 13.2 Å². The first-order valence-electron chi connectivity index (χ1n) is 9.65. The molecule has 0 aliphatic carbocycles. The van der Waals surface area contributed by atoms with Crippen LogP contribution in [0.3, 0.4) is 0 Å². The van der Waals surface area contributed by atoms with Crippen molar-refractivity contribution in [2.45, 2.75) is 25.7 Å². The van der Waals surface area contributed by atoms with Crippen LogP contribution in [0, 0.1) is 20.8 Å². The zero-order chi connectivity index (χ0) is 22.3. The molecule has 4 aromatic rings. The SMILES string of the molecule is Cc1cc(S(N)(=O)=O)cc(NC(=O)c2ccc3c(c2)nc(C)n3-c2ccccc2)c1C. The summed E-state index contributed by atoms with van der Waals surface area (Å²) in [4.78, 5) is 17.5. The van der Waals surface area contributed by atoms with E-state index in [1.54, 1.807) is 19.1 Å². The van der Waals surface area contributed by atoms with E-state index in [1.807, 2.05) is 54.8 Å². The lowest BCUT2D eigenvalue weighted by atomic mass is 10.1. The van der Waals surface area contributed by atoms with Gasteiger partial charge in [-0.25, -0.2) is 18.5 Å². The molecule has 0 unspecified atom stereocenters. The number of imidazole rings is 1. The van der Waals surface area contributed by atoms with Crippen LogP contribution in [0.2, 0.25) is 0 Å². The molecule has 3 aromatic carbocycles. The summed E-state index contributed by atoms with van der Waals surface area (Å²) < 4.78 is 25.5. The van der Waals surface area contributed by atoms with Crippen LogP contribution in [-0.2, 0) is 10.0 Å². The molecule has 0 aliphatic rings. The molecule has 8 heteroatoms. The van der Waals surface area contributed by atoms with Gasteiger partial charge in [-0.2, -0.15) is 0 Å². The minimum atomic E-state index is -3.89. The van der Waals surface area contributed by atoms with Gasteiger partial charge in [0.05, 0.1) is 15.9 Å². The number of hydrogen-bond acceptors (Lipinski definition) is 4. The number of aromatic nitrogens is 2. The number of nitrogens with one attached hydrogen (secondary N) is 1. The number of primary sulfonamides is 1. The number of nitrogens with two attached hydrogens (primary N) is 1. The van der Waals surface area contributed by atoms with Gasteiger partial charge in [-0.3, -0.25) is 9.36 Å². The summed E-state index contributed by atoms with van der Waals surface area (Å²) >= 11 is 0. The molecule has 3 N–H and O–H groups in total. The van der Waals surface area contributed by atoms with E-state index in [0.717, 1.165) is 28.2 Å². The van der Waals surface area contributed by atoms with Crippen LogP contribution in [-0.4, -0.2) is 23.9 Å². The average Bonchev–Trinajstić information content (AvgIpc) is 3.05. The molecule has 0 atom stereocenters. The highest BCUT2D eigenvalue weighted by Crippen LogP contribution is 2.26. The van der Waals surface area contributed by atoms with Crippen molar-refractivity contribution in [3.05, 3.63) is 83.2 Å². The molecule has 0 saturated carbocycles. The van der Waals surface area contributed by atoms with Crippen LogP contribution in [0.4, 0.5) is 5.69 Å². The summed E-state index contributed by atoms with van der Waals surface area (Å²) in [5, 5.41) is 8.07. The molecule has 0 aliphatic heterocycles. The lowest BCUT2D eigenvalue weighted by Crippen LogP contribution is -2.16. The van der Waals surface area contributed by atoms with Crippen LogP contribution in [0.15, 0.2) is 65.6 Å². The standard InChI is InChI=1S/C23H22N4O3S/c1-14-11-19(31(24,29)30)13-20(15(14)2)26-23(28)17-9-10-22-21(12-17)25-16(3)27(22)18-7-5-4-6-8-18/h4-13H,1-3H3,(H,26,28)(H2,24,29,30). The predicted octanol–water partition coefficient (Wildman–Crippen LogP) is 3.85. The fourth-order valence-electron chi connectivity index (χ4n) is 3.56. The van der Waals surface area contributed by atoms with Crippen LogP contribution in [0.25, 0.3) is 16.7 Å². The third-order valence-electron chi connectivity index (χ3n) is 5.32. The van der Waals surface area contributed by atoms with Crippen LogP contribution >= 0.6 is 0 Å². The number of sulfonamides is 1. The van der Waals surface area contributed by atoms with Gasteiger partial charge in [0.15, 0.2) is 0 Å². The average molecular weight is 435 g/mol. The molecule has 1 heterocycles. The Morgan fingerprint density at radius 1 is 1.00 bits per heavy atom. The molecule has 0 radical (unpaired) electrons. The molecule has 0 bridgehead atoms. The summed E-state index contributed by atoms with van der Waals surface area (Å²) in [7, 11) is -3.89. The topological polar surface area (TPSA) is 107 Å². The van der Waals surface area contributed by atoms with Gasteiger partial charge in [-0.15, -0.1) is 0 Å². The summed E-state index contributed by atoms with van der Waals surface area (Å²) in [6.07, 6.45) is 0. The highest BCUT2D eigenvalue weighted by molar-refractivity contribution is 7.89. The smallest absolute Gasteiger partial charge is 0.255 e. The number of carbonyl (C=O) groups is 1. The summed E-state index contributed by atoms with van der Waals surface area (Å²) in [6, 6.07) is 18.0. The Morgan fingerprint density at radius 3 is 2.39 bits per heavy atom. The zero-order valence-electron chi connectivity index (χ0n) is 17.4. The van der Waals surface area contributed by atoms with Crippen molar-refractivity contribution in [2.24, 2.45) is 5.14 Å². The second-order valence-electron chi connectivity index (χ2n) is 7.45. The minimum Gasteiger partial charge on any atom is -0.322 e. The second kappa shape index (κ2) is 7.64. The number of fused-ring (bicyclic) bond motifs is 1. The number of nitrogens with zero attached hydrogens (tertiary/aromatic N) is 2. The Morgan fingerprint density at radius 2 is 1.71 bits per heavy atom. The Hall–Kier alpha value is -3.49. The first-order chi connectivity index (χ1) is 14.6. The van der Waals surface area contributed by atoms with Crippen molar-refractivity contribution in [3.8, 4) is 5.69 Å². The van der Waals surface area contributed by atoms with Gasteiger partial charge < -0.3 is 5.32 Å². The fraction of sp³-hybridized carbons (Fsp3) is 0.130. The van der Waals surface area contributed by atoms with Gasteiger partial charge >= 0.3 is 0 Å². The number of aryl methyl sites for hydroxylation is 2. The highest BCUT2D eigenvalue weighted by Gasteiger charge is 2.16.